The number of nitrogens with one attached hydrogen (secondary N) is 2. The third kappa shape index (κ3) is 3.35. The summed E-state index contributed by atoms with van der Waals surface area (Å²) in [6, 6.07) is 5.09. The van der Waals surface area contributed by atoms with Crippen LogP contribution < -0.4 is 10.6 Å². The van der Waals surface area contributed by atoms with Gasteiger partial charge >= 0.3 is 0 Å². The van der Waals surface area contributed by atoms with Crippen LogP contribution in [0.4, 0.5) is 5.69 Å². The Morgan fingerprint density at radius 1 is 1.14 bits per heavy atom. The molecule has 0 unspecified atom stereocenters. The summed E-state index contributed by atoms with van der Waals surface area (Å²) in [5.41, 5.74) is 1.85. The Morgan fingerprint density at radius 3 is 2.52 bits per heavy atom. The largest absolute Gasteiger partial charge is 0.355 e. The molecule has 1 aromatic carbocycles. The number of amides is 2. The van der Waals surface area contributed by atoms with Crippen LogP contribution in [0.15, 0.2) is 30.6 Å². The highest BCUT2D eigenvalue weighted by atomic mass is 35.5. The first kappa shape index (κ1) is 14.9. The zero-order valence-electron chi connectivity index (χ0n) is 11.5. The molecule has 0 saturated carbocycles. The molecule has 0 saturated heterocycles. The van der Waals surface area contributed by atoms with Crippen molar-refractivity contribution in [3.63, 3.8) is 0 Å². The number of hydrogen-bond acceptors (Lipinski definition) is 4. The van der Waals surface area contributed by atoms with Gasteiger partial charge in [0.2, 0.25) is 0 Å². The number of carbonyl (C=O) groups is 2. The maximum atomic E-state index is 12.1. The quantitative estimate of drug-likeness (QED) is 0.909. The molecule has 2 N–H and O–H groups in total. The molecule has 0 bridgehead atoms. The summed E-state index contributed by atoms with van der Waals surface area (Å²) in [4.78, 5) is 31.5. The lowest BCUT2D eigenvalue weighted by molar-refractivity contribution is 0.0960. The van der Waals surface area contributed by atoms with Crippen LogP contribution in [-0.4, -0.2) is 28.8 Å². The van der Waals surface area contributed by atoms with Crippen LogP contribution >= 0.6 is 11.6 Å². The van der Waals surface area contributed by atoms with E-state index in [1.807, 2.05) is 0 Å². The van der Waals surface area contributed by atoms with E-state index in [0.717, 1.165) is 0 Å². The van der Waals surface area contributed by atoms with Gasteiger partial charge in [-0.25, -0.2) is 9.97 Å². The molecule has 0 aliphatic rings. The topological polar surface area (TPSA) is 84.0 Å². The van der Waals surface area contributed by atoms with Gasteiger partial charge in [0.05, 0.1) is 12.4 Å². The molecule has 108 valence electrons. The first-order valence-corrected chi connectivity index (χ1v) is 6.51. The zero-order valence-corrected chi connectivity index (χ0v) is 12.2. The number of aromatic nitrogens is 2. The predicted molar refractivity (Wildman–Crippen MR) is 79.6 cm³/mol. The number of carbonyl (C=O) groups excluding carboxylic acids is 2. The average molecular weight is 305 g/mol. The Hall–Kier alpha value is -2.47. The fraction of sp³-hybridized carbons (Fsp3) is 0.143. The first-order valence-electron chi connectivity index (χ1n) is 6.13. The Morgan fingerprint density at radius 2 is 1.90 bits per heavy atom. The lowest BCUT2D eigenvalue weighted by Crippen LogP contribution is -2.20. The van der Waals surface area contributed by atoms with E-state index >= 15 is 0 Å². The third-order valence-corrected chi connectivity index (χ3v) is 3.10. The van der Waals surface area contributed by atoms with Crippen molar-refractivity contribution in [3.05, 3.63) is 52.6 Å². The van der Waals surface area contributed by atoms with E-state index in [1.165, 1.54) is 12.4 Å². The predicted octanol–water partition coefficient (Wildman–Crippen LogP) is 2.05. The van der Waals surface area contributed by atoms with Gasteiger partial charge in [-0.2, -0.15) is 0 Å². The SMILES string of the molecule is CNC(=O)c1cccc(NC(=O)c2cnc(Cl)cn2)c1C. The van der Waals surface area contributed by atoms with Gasteiger partial charge in [-0.05, 0) is 24.6 Å². The lowest BCUT2D eigenvalue weighted by Gasteiger charge is -2.11. The second-order valence-corrected chi connectivity index (χ2v) is 4.62. The van der Waals surface area contributed by atoms with Crippen molar-refractivity contribution >= 4 is 29.1 Å². The number of hydrogen-bond donors (Lipinski definition) is 2. The van der Waals surface area contributed by atoms with Crippen LogP contribution in [0.5, 0.6) is 0 Å². The summed E-state index contributed by atoms with van der Waals surface area (Å²) < 4.78 is 0. The van der Waals surface area contributed by atoms with Gasteiger partial charge in [0.1, 0.15) is 10.8 Å². The van der Waals surface area contributed by atoms with Gasteiger partial charge in [0.25, 0.3) is 11.8 Å². The molecule has 0 radical (unpaired) electrons. The van der Waals surface area contributed by atoms with Crippen LogP contribution in [0.3, 0.4) is 0 Å². The second kappa shape index (κ2) is 6.32. The van der Waals surface area contributed by atoms with E-state index in [9.17, 15) is 9.59 Å². The molecular formula is C14H13ClN4O2. The maximum Gasteiger partial charge on any atom is 0.275 e. The van der Waals surface area contributed by atoms with Crippen LogP contribution in [0, 0.1) is 6.92 Å². The Labute approximate surface area is 126 Å². The van der Waals surface area contributed by atoms with Crippen molar-refractivity contribution < 1.29 is 9.59 Å². The zero-order chi connectivity index (χ0) is 15.4. The summed E-state index contributed by atoms with van der Waals surface area (Å²) in [5, 5.41) is 5.47. The maximum absolute atomic E-state index is 12.1. The van der Waals surface area contributed by atoms with Crippen molar-refractivity contribution in [3.8, 4) is 0 Å². The van der Waals surface area contributed by atoms with Crippen LogP contribution in [0.1, 0.15) is 26.4 Å². The Bertz CT molecular complexity index is 686. The molecule has 2 aromatic rings. The third-order valence-electron chi connectivity index (χ3n) is 2.91. The standard InChI is InChI=1S/C14H13ClN4O2/c1-8-9(13(20)16-2)4-3-5-10(8)19-14(21)11-6-18-12(15)7-17-11/h3-7H,1-2H3,(H,16,20)(H,19,21). The average Bonchev–Trinajstić information content (AvgIpc) is 2.49. The molecule has 6 nitrogen and oxygen atoms in total. The van der Waals surface area contributed by atoms with E-state index < -0.39 is 5.91 Å². The van der Waals surface area contributed by atoms with Crippen molar-refractivity contribution in [2.75, 3.05) is 12.4 Å². The molecule has 0 atom stereocenters. The van der Waals surface area contributed by atoms with Crippen LogP contribution in [-0.2, 0) is 0 Å². The number of halogens is 1. The fourth-order valence-corrected chi connectivity index (χ4v) is 1.87. The highest BCUT2D eigenvalue weighted by Crippen LogP contribution is 2.19. The Kier molecular flexibility index (Phi) is 4.49. The van der Waals surface area contributed by atoms with Crippen LogP contribution in [0.2, 0.25) is 5.15 Å². The number of anilines is 1. The molecule has 1 heterocycles. The second-order valence-electron chi connectivity index (χ2n) is 4.24. The van der Waals surface area contributed by atoms with E-state index in [0.29, 0.717) is 16.8 Å². The minimum absolute atomic E-state index is 0.143. The molecule has 2 rings (SSSR count). The molecule has 2 amide bonds. The summed E-state index contributed by atoms with van der Waals surface area (Å²) in [7, 11) is 1.55. The monoisotopic (exact) mass is 304 g/mol. The Balaban J connectivity index is 2.25. The van der Waals surface area contributed by atoms with Crippen LogP contribution in [0.25, 0.3) is 0 Å². The smallest absolute Gasteiger partial charge is 0.275 e. The van der Waals surface area contributed by atoms with E-state index in [4.69, 9.17) is 11.6 Å². The molecule has 0 aliphatic heterocycles. The lowest BCUT2D eigenvalue weighted by atomic mass is 10.1. The highest BCUT2D eigenvalue weighted by molar-refractivity contribution is 6.29. The molecular weight excluding hydrogens is 292 g/mol. The molecule has 21 heavy (non-hydrogen) atoms. The molecule has 0 spiro atoms. The van der Waals surface area contributed by atoms with E-state index in [-0.39, 0.29) is 16.8 Å². The number of nitrogens with zero attached hydrogens (tertiary/aromatic N) is 2. The minimum atomic E-state index is -0.420. The van der Waals surface area contributed by atoms with Crippen molar-refractivity contribution in [1.29, 1.82) is 0 Å². The van der Waals surface area contributed by atoms with Gasteiger partial charge in [0, 0.05) is 18.3 Å². The van der Waals surface area contributed by atoms with Crippen molar-refractivity contribution in [1.82, 2.24) is 15.3 Å². The fourth-order valence-electron chi connectivity index (χ4n) is 1.77. The van der Waals surface area contributed by atoms with Gasteiger partial charge in [0.15, 0.2) is 0 Å². The van der Waals surface area contributed by atoms with Gasteiger partial charge < -0.3 is 10.6 Å². The summed E-state index contributed by atoms with van der Waals surface area (Å²) >= 11 is 5.62. The summed E-state index contributed by atoms with van der Waals surface area (Å²) in [5.74, 6) is -0.633. The molecule has 1 aromatic heterocycles. The van der Waals surface area contributed by atoms with E-state index in [1.54, 1.807) is 32.2 Å². The first-order chi connectivity index (χ1) is 10.0. The molecule has 7 heteroatoms. The molecule has 0 fully saturated rings. The van der Waals surface area contributed by atoms with Gasteiger partial charge in [-0.1, -0.05) is 17.7 Å². The highest BCUT2D eigenvalue weighted by Gasteiger charge is 2.13. The van der Waals surface area contributed by atoms with Crippen molar-refractivity contribution in [2.45, 2.75) is 6.92 Å². The summed E-state index contributed by atoms with van der Waals surface area (Å²) in [6.45, 7) is 1.76. The normalized spacial score (nSPS) is 10.0. The van der Waals surface area contributed by atoms with Gasteiger partial charge in [-0.3, -0.25) is 9.59 Å². The van der Waals surface area contributed by atoms with E-state index in [2.05, 4.69) is 20.6 Å². The summed E-state index contributed by atoms with van der Waals surface area (Å²) in [6.07, 6.45) is 2.58. The van der Waals surface area contributed by atoms with Gasteiger partial charge in [-0.15, -0.1) is 0 Å². The molecule has 0 aliphatic carbocycles. The number of benzene rings is 1. The number of rotatable bonds is 3. The minimum Gasteiger partial charge on any atom is -0.355 e. The van der Waals surface area contributed by atoms with Crippen molar-refractivity contribution in [2.24, 2.45) is 0 Å².